The molecule has 1 amide bonds. The summed E-state index contributed by atoms with van der Waals surface area (Å²) in [5.74, 6) is 1.08. The van der Waals surface area contributed by atoms with Crippen molar-refractivity contribution >= 4 is 17.7 Å². The van der Waals surface area contributed by atoms with Crippen LogP contribution in [0.4, 0.5) is 4.39 Å². The van der Waals surface area contributed by atoms with Crippen LogP contribution in [0.2, 0.25) is 0 Å². The van der Waals surface area contributed by atoms with Gasteiger partial charge in [0.15, 0.2) is 0 Å². The number of aryl methyl sites for hydroxylation is 2. The summed E-state index contributed by atoms with van der Waals surface area (Å²) in [7, 11) is 3.79. The van der Waals surface area contributed by atoms with E-state index in [1.54, 1.807) is 23.9 Å². The van der Waals surface area contributed by atoms with Gasteiger partial charge in [0.1, 0.15) is 11.6 Å². The zero-order chi connectivity index (χ0) is 21.7. The van der Waals surface area contributed by atoms with E-state index in [4.69, 9.17) is 4.52 Å². The van der Waals surface area contributed by atoms with Crippen LogP contribution >= 0.6 is 11.8 Å². The molecule has 3 aromatic rings. The molecule has 0 spiro atoms. The van der Waals surface area contributed by atoms with Gasteiger partial charge in [0.05, 0.1) is 11.3 Å². The van der Waals surface area contributed by atoms with Crippen molar-refractivity contribution in [2.45, 2.75) is 37.6 Å². The molecule has 0 bridgehead atoms. The number of hydrogen-bond acceptors (Lipinski definition) is 5. The minimum atomic E-state index is -0.236. The number of hydrogen-bond donors (Lipinski definition) is 1. The first-order valence-corrected chi connectivity index (χ1v) is 10.7. The van der Waals surface area contributed by atoms with Gasteiger partial charge in [-0.2, -0.15) is 0 Å². The second-order valence-electron chi connectivity index (χ2n) is 7.43. The second kappa shape index (κ2) is 9.91. The van der Waals surface area contributed by atoms with E-state index in [2.05, 4.69) is 10.5 Å². The zero-order valence-electron chi connectivity index (χ0n) is 17.7. The normalized spacial score (nSPS) is 11.1. The average Bonchev–Trinajstić information content (AvgIpc) is 3.04. The number of aromatic nitrogens is 1. The SMILES string of the molecule is Cc1noc(C)c1CSc1ccccc1C(=O)NCc1ccc(F)c(CN(C)C)c1. The molecule has 2 aromatic carbocycles. The maximum absolute atomic E-state index is 14.0. The molecule has 30 heavy (non-hydrogen) atoms. The molecule has 0 aliphatic rings. The Kier molecular flexibility index (Phi) is 7.29. The van der Waals surface area contributed by atoms with Gasteiger partial charge in [-0.1, -0.05) is 23.4 Å². The smallest absolute Gasteiger partial charge is 0.252 e. The molecule has 5 nitrogen and oxygen atoms in total. The van der Waals surface area contributed by atoms with E-state index in [0.29, 0.717) is 30.0 Å². The molecule has 0 aliphatic carbocycles. The van der Waals surface area contributed by atoms with Gasteiger partial charge >= 0.3 is 0 Å². The molecule has 7 heteroatoms. The maximum Gasteiger partial charge on any atom is 0.252 e. The van der Waals surface area contributed by atoms with Gasteiger partial charge in [-0.05, 0) is 57.8 Å². The second-order valence-corrected chi connectivity index (χ2v) is 8.45. The van der Waals surface area contributed by atoms with Crippen molar-refractivity contribution in [3.8, 4) is 0 Å². The highest BCUT2D eigenvalue weighted by Crippen LogP contribution is 2.28. The first kappa shape index (κ1) is 22.1. The van der Waals surface area contributed by atoms with Gasteiger partial charge in [0, 0.05) is 34.9 Å². The average molecular weight is 428 g/mol. The van der Waals surface area contributed by atoms with Crippen LogP contribution in [-0.4, -0.2) is 30.1 Å². The molecule has 1 heterocycles. The third-order valence-corrected chi connectivity index (χ3v) is 5.83. The van der Waals surface area contributed by atoms with E-state index >= 15 is 0 Å². The summed E-state index contributed by atoms with van der Waals surface area (Å²) >= 11 is 1.58. The van der Waals surface area contributed by atoms with Crippen LogP contribution in [0.3, 0.4) is 0 Å². The Morgan fingerprint density at radius 3 is 2.67 bits per heavy atom. The molecule has 0 fully saturated rings. The van der Waals surface area contributed by atoms with Gasteiger partial charge in [-0.15, -0.1) is 11.8 Å². The number of carbonyl (C=O) groups excluding carboxylic acids is 1. The zero-order valence-corrected chi connectivity index (χ0v) is 18.5. The minimum absolute atomic E-state index is 0.157. The highest BCUT2D eigenvalue weighted by atomic mass is 32.2. The van der Waals surface area contributed by atoms with Gasteiger partial charge < -0.3 is 14.7 Å². The molecule has 0 saturated heterocycles. The first-order chi connectivity index (χ1) is 14.3. The fourth-order valence-electron chi connectivity index (χ4n) is 3.12. The minimum Gasteiger partial charge on any atom is -0.361 e. The van der Waals surface area contributed by atoms with Gasteiger partial charge in [-0.25, -0.2) is 4.39 Å². The van der Waals surface area contributed by atoms with Crippen molar-refractivity contribution < 1.29 is 13.7 Å². The molecule has 0 radical (unpaired) electrons. The molecule has 3 rings (SSSR count). The van der Waals surface area contributed by atoms with Gasteiger partial charge in [0.25, 0.3) is 5.91 Å². The lowest BCUT2D eigenvalue weighted by Gasteiger charge is -2.13. The number of rotatable bonds is 8. The summed E-state index contributed by atoms with van der Waals surface area (Å²) in [6, 6.07) is 12.5. The third kappa shape index (κ3) is 5.49. The van der Waals surface area contributed by atoms with Crippen LogP contribution in [0.25, 0.3) is 0 Å². The molecule has 0 aliphatic heterocycles. The van der Waals surface area contributed by atoms with Crippen molar-refractivity contribution in [2.24, 2.45) is 0 Å². The number of carbonyl (C=O) groups is 1. The first-order valence-electron chi connectivity index (χ1n) is 9.69. The standard InChI is InChI=1S/C23H26FN3O2S/c1-15-20(16(2)29-26-15)14-30-22-8-6-5-7-19(22)23(28)25-12-17-9-10-21(24)18(11-17)13-27(3)4/h5-11H,12-14H2,1-4H3,(H,25,28). The third-order valence-electron chi connectivity index (χ3n) is 4.73. The van der Waals surface area contributed by atoms with E-state index in [-0.39, 0.29) is 11.7 Å². The van der Waals surface area contributed by atoms with Gasteiger partial charge in [-0.3, -0.25) is 4.79 Å². The topological polar surface area (TPSA) is 58.4 Å². The van der Waals surface area contributed by atoms with Gasteiger partial charge in [0.2, 0.25) is 0 Å². The van der Waals surface area contributed by atoms with E-state index in [0.717, 1.165) is 27.5 Å². The molecular weight excluding hydrogens is 401 g/mol. The highest BCUT2D eigenvalue weighted by Gasteiger charge is 2.14. The van der Waals surface area contributed by atoms with Crippen molar-refractivity contribution in [2.75, 3.05) is 14.1 Å². The number of thioether (sulfide) groups is 1. The number of halogens is 1. The number of benzene rings is 2. The van der Waals surface area contributed by atoms with Crippen LogP contribution < -0.4 is 5.32 Å². The number of nitrogens with zero attached hydrogens (tertiary/aromatic N) is 2. The van der Waals surface area contributed by atoms with Crippen molar-refractivity contribution in [1.82, 2.24) is 15.4 Å². The quantitative estimate of drug-likeness (QED) is 0.528. The lowest BCUT2D eigenvalue weighted by atomic mass is 10.1. The maximum atomic E-state index is 14.0. The van der Waals surface area contributed by atoms with Crippen LogP contribution in [0.1, 0.15) is 38.5 Å². The lowest BCUT2D eigenvalue weighted by molar-refractivity contribution is 0.0948. The van der Waals surface area contributed by atoms with Crippen LogP contribution in [0.5, 0.6) is 0 Å². The number of nitrogens with one attached hydrogen (secondary N) is 1. The van der Waals surface area contributed by atoms with Crippen LogP contribution in [0.15, 0.2) is 51.9 Å². The summed E-state index contributed by atoms with van der Waals surface area (Å²) in [5, 5.41) is 6.94. The highest BCUT2D eigenvalue weighted by molar-refractivity contribution is 7.98. The molecule has 158 valence electrons. The predicted molar refractivity (Wildman–Crippen MR) is 117 cm³/mol. The molecule has 0 unspecified atom stereocenters. The summed E-state index contributed by atoms with van der Waals surface area (Å²) in [5.41, 5.74) is 4.01. The summed E-state index contributed by atoms with van der Waals surface area (Å²) < 4.78 is 19.2. The number of amides is 1. The van der Waals surface area contributed by atoms with E-state index in [1.807, 2.05) is 57.1 Å². The molecule has 1 N–H and O–H groups in total. The van der Waals surface area contributed by atoms with E-state index in [9.17, 15) is 9.18 Å². The molecular formula is C23H26FN3O2S. The predicted octanol–water partition coefficient (Wildman–Crippen LogP) is 4.71. The van der Waals surface area contributed by atoms with Crippen molar-refractivity contribution in [1.29, 1.82) is 0 Å². The van der Waals surface area contributed by atoms with Crippen molar-refractivity contribution in [3.05, 3.63) is 82.0 Å². The molecule has 0 saturated carbocycles. The Hall–Kier alpha value is -2.64. The fourth-order valence-corrected chi connectivity index (χ4v) is 4.32. The molecule has 0 atom stereocenters. The largest absolute Gasteiger partial charge is 0.361 e. The monoisotopic (exact) mass is 427 g/mol. The van der Waals surface area contributed by atoms with Crippen LogP contribution in [-0.2, 0) is 18.8 Å². The summed E-state index contributed by atoms with van der Waals surface area (Å²) in [6.07, 6.45) is 0. The Morgan fingerprint density at radius 2 is 1.97 bits per heavy atom. The Bertz CT molecular complexity index is 1010. The Morgan fingerprint density at radius 1 is 1.20 bits per heavy atom. The Labute approximate surface area is 180 Å². The fraction of sp³-hybridized carbons (Fsp3) is 0.304. The Balaban J connectivity index is 1.68. The molecule has 1 aromatic heterocycles. The summed E-state index contributed by atoms with van der Waals surface area (Å²) in [6.45, 7) is 4.65. The van der Waals surface area contributed by atoms with E-state index < -0.39 is 0 Å². The van der Waals surface area contributed by atoms with Crippen molar-refractivity contribution in [3.63, 3.8) is 0 Å². The summed E-state index contributed by atoms with van der Waals surface area (Å²) in [4.78, 5) is 15.6. The van der Waals surface area contributed by atoms with E-state index in [1.165, 1.54) is 6.07 Å². The van der Waals surface area contributed by atoms with Crippen LogP contribution in [0, 0.1) is 19.7 Å². The lowest BCUT2D eigenvalue weighted by Crippen LogP contribution is -2.23.